The second-order valence-corrected chi connectivity index (χ2v) is 5.72. The Hall–Kier alpha value is -1.13. The molecule has 0 aliphatic heterocycles. The first-order valence-corrected chi connectivity index (χ1v) is 8.45. The van der Waals surface area contributed by atoms with E-state index in [1.807, 2.05) is 6.08 Å². The number of rotatable bonds is 14. The zero-order valence-electron chi connectivity index (χ0n) is 13.8. The van der Waals surface area contributed by atoms with Crippen LogP contribution in [0.25, 0.3) is 0 Å². The van der Waals surface area contributed by atoms with Gasteiger partial charge in [0.1, 0.15) is 0 Å². The third-order valence-corrected chi connectivity index (χ3v) is 3.50. The maximum atomic E-state index is 10.4. The molecular weight excluding hydrogens is 280 g/mol. The second-order valence-electron chi connectivity index (χ2n) is 5.72. The van der Waals surface area contributed by atoms with E-state index in [1.165, 1.54) is 19.3 Å². The number of carboxylic acid groups (broad SMARTS) is 1. The summed E-state index contributed by atoms with van der Waals surface area (Å²) in [5, 5.41) is 28.0. The van der Waals surface area contributed by atoms with Crippen molar-refractivity contribution >= 4 is 5.97 Å². The maximum Gasteiger partial charge on any atom is 0.303 e. The van der Waals surface area contributed by atoms with Gasteiger partial charge < -0.3 is 15.3 Å². The summed E-state index contributed by atoms with van der Waals surface area (Å²) >= 11 is 0. The lowest BCUT2D eigenvalue weighted by atomic mass is 10.0. The van der Waals surface area contributed by atoms with Crippen LogP contribution >= 0.6 is 0 Å². The summed E-state index contributed by atoms with van der Waals surface area (Å²) in [5.74, 6) is -0.835. The molecule has 0 aromatic heterocycles. The molecule has 0 aromatic carbocycles. The fourth-order valence-corrected chi connectivity index (χ4v) is 2.13. The zero-order valence-corrected chi connectivity index (χ0v) is 13.8. The Labute approximate surface area is 134 Å². The molecule has 0 amide bonds. The molecule has 0 rings (SSSR count). The van der Waals surface area contributed by atoms with Gasteiger partial charge >= 0.3 is 5.97 Å². The highest BCUT2D eigenvalue weighted by Gasteiger charge is 2.08. The van der Waals surface area contributed by atoms with Crippen molar-refractivity contribution in [2.75, 3.05) is 0 Å². The lowest BCUT2D eigenvalue weighted by molar-refractivity contribution is -0.137. The summed E-state index contributed by atoms with van der Waals surface area (Å²) in [7, 11) is 0. The van der Waals surface area contributed by atoms with Gasteiger partial charge in [-0.05, 0) is 44.9 Å². The number of aliphatic hydroxyl groups excluding tert-OH is 2. The van der Waals surface area contributed by atoms with Crippen molar-refractivity contribution in [1.82, 2.24) is 0 Å². The molecule has 0 aliphatic carbocycles. The lowest BCUT2D eigenvalue weighted by Gasteiger charge is -2.11. The summed E-state index contributed by atoms with van der Waals surface area (Å²) in [5.41, 5.74) is 0. The number of aliphatic hydroxyl groups is 2. The quantitative estimate of drug-likeness (QED) is 0.336. The SMILES string of the molecule is CCCCCC=CCC=CC(O)CCC(O)CCCC(=O)O. The minimum Gasteiger partial charge on any atom is -0.481 e. The van der Waals surface area contributed by atoms with Crippen LogP contribution in [0.4, 0.5) is 0 Å². The van der Waals surface area contributed by atoms with Gasteiger partial charge in [0.05, 0.1) is 12.2 Å². The second kappa shape index (κ2) is 14.8. The predicted molar refractivity (Wildman–Crippen MR) is 89.8 cm³/mol. The Bertz CT molecular complexity index is 323. The molecule has 0 saturated heterocycles. The van der Waals surface area contributed by atoms with E-state index in [0.29, 0.717) is 25.7 Å². The van der Waals surface area contributed by atoms with Gasteiger partial charge in [-0.2, -0.15) is 0 Å². The first-order chi connectivity index (χ1) is 10.6. The molecule has 4 heteroatoms. The average Bonchev–Trinajstić information content (AvgIpc) is 2.47. The summed E-state index contributed by atoms with van der Waals surface area (Å²) < 4.78 is 0. The van der Waals surface area contributed by atoms with E-state index in [4.69, 9.17) is 5.11 Å². The topological polar surface area (TPSA) is 77.8 Å². The molecule has 128 valence electrons. The monoisotopic (exact) mass is 312 g/mol. The van der Waals surface area contributed by atoms with Crippen LogP contribution in [0.5, 0.6) is 0 Å². The Morgan fingerprint density at radius 2 is 1.77 bits per heavy atom. The first kappa shape index (κ1) is 20.9. The minimum absolute atomic E-state index is 0.0874. The van der Waals surface area contributed by atoms with E-state index in [0.717, 1.165) is 12.8 Å². The van der Waals surface area contributed by atoms with Crippen LogP contribution < -0.4 is 0 Å². The number of aliphatic carboxylic acids is 1. The molecule has 22 heavy (non-hydrogen) atoms. The van der Waals surface area contributed by atoms with Gasteiger partial charge in [0.15, 0.2) is 0 Å². The summed E-state index contributed by atoms with van der Waals surface area (Å²) in [6.07, 6.45) is 14.7. The normalized spacial score (nSPS) is 14.7. The highest BCUT2D eigenvalue weighted by atomic mass is 16.4. The van der Waals surface area contributed by atoms with Crippen LogP contribution in [-0.2, 0) is 4.79 Å². The molecule has 0 saturated carbocycles. The largest absolute Gasteiger partial charge is 0.481 e. The predicted octanol–water partition coefficient (Wildman–Crippen LogP) is 3.83. The third-order valence-electron chi connectivity index (χ3n) is 3.50. The van der Waals surface area contributed by atoms with Crippen LogP contribution in [0, 0.1) is 0 Å². The molecule has 0 heterocycles. The molecule has 0 aromatic rings. The molecule has 4 nitrogen and oxygen atoms in total. The van der Waals surface area contributed by atoms with Gasteiger partial charge in [0, 0.05) is 6.42 Å². The minimum atomic E-state index is -0.835. The van der Waals surface area contributed by atoms with Crippen molar-refractivity contribution in [2.45, 2.75) is 83.3 Å². The lowest BCUT2D eigenvalue weighted by Crippen LogP contribution is -2.12. The van der Waals surface area contributed by atoms with Crippen LogP contribution in [0.15, 0.2) is 24.3 Å². The van der Waals surface area contributed by atoms with Gasteiger partial charge in [-0.1, -0.05) is 44.1 Å². The van der Waals surface area contributed by atoms with Crippen LogP contribution in [0.2, 0.25) is 0 Å². The van der Waals surface area contributed by atoms with Gasteiger partial charge in [-0.15, -0.1) is 0 Å². The molecular formula is C18H32O4. The van der Waals surface area contributed by atoms with E-state index < -0.39 is 18.2 Å². The van der Waals surface area contributed by atoms with Gasteiger partial charge in [-0.3, -0.25) is 4.79 Å². The zero-order chi connectivity index (χ0) is 16.6. The van der Waals surface area contributed by atoms with Crippen molar-refractivity contribution < 1.29 is 20.1 Å². The van der Waals surface area contributed by atoms with E-state index in [-0.39, 0.29) is 6.42 Å². The van der Waals surface area contributed by atoms with Crippen molar-refractivity contribution in [3.05, 3.63) is 24.3 Å². The summed E-state index contributed by atoms with van der Waals surface area (Å²) in [4.78, 5) is 10.4. The van der Waals surface area contributed by atoms with Crippen LogP contribution in [0.3, 0.4) is 0 Å². The maximum absolute atomic E-state index is 10.4. The number of hydrogen-bond donors (Lipinski definition) is 3. The Morgan fingerprint density at radius 1 is 1.00 bits per heavy atom. The first-order valence-electron chi connectivity index (χ1n) is 8.45. The molecule has 0 bridgehead atoms. The fraction of sp³-hybridized carbons (Fsp3) is 0.722. The summed E-state index contributed by atoms with van der Waals surface area (Å²) in [6.45, 7) is 2.19. The molecule has 0 radical (unpaired) electrons. The molecule has 2 unspecified atom stereocenters. The summed E-state index contributed by atoms with van der Waals surface area (Å²) in [6, 6.07) is 0. The Morgan fingerprint density at radius 3 is 2.45 bits per heavy atom. The molecule has 0 aliphatic rings. The van der Waals surface area contributed by atoms with Crippen molar-refractivity contribution in [3.63, 3.8) is 0 Å². The van der Waals surface area contributed by atoms with Gasteiger partial charge in [-0.25, -0.2) is 0 Å². The van der Waals surface area contributed by atoms with Crippen LogP contribution in [0.1, 0.15) is 71.1 Å². The Kier molecular flexibility index (Phi) is 14.0. The molecule has 3 N–H and O–H groups in total. The van der Waals surface area contributed by atoms with Gasteiger partial charge in [0.2, 0.25) is 0 Å². The highest BCUT2D eigenvalue weighted by molar-refractivity contribution is 5.66. The van der Waals surface area contributed by atoms with E-state index in [2.05, 4.69) is 19.1 Å². The number of carbonyl (C=O) groups is 1. The van der Waals surface area contributed by atoms with Crippen molar-refractivity contribution in [2.24, 2.45) is 0 Å². The fourth-order valence-electron chi connectivity index (χ4n) is 2.13. The molecule has 2 atom stereocenters. The Balaban J connectivity index is 3.60. The highest BCUT2D eigenvalue weighted by Crippen LogP contribution is 2.10. The number of hydrogen-bond acceptors (Lipinski definition) is 3. The molecule has 0 fully saturated rings. The van der Waals surface area contributed by atoms with E-state index in [1.54, 1.807) is 6.08 Å². The van der Waals surface area contributed by atoms with Crippen molar-refractivity contribution in [3.8, 4) is 0 Å². The van der Waals surface area contributed by atoms with Crippen molar-refractivity contribution in [1.29, 1.82) is 0 Å². The molecule has 0 spiro atoms. The standard InChI is InChI=1S/C18H32O4/c1-2-3-4-5-6-7-8-9-11-16(19)14-15-17(20)12-10-13-18(21)22/h6-7,9,11,16-17,19-20H,2-5,8,10,12-15H2,1H3,(H,21,22). The number of allylic oxidation sites excluding steroid dienone is 3. The van der Waals surface area contributed by atoms with Gasteiger partial charge in [0.25, 0.3) is 0 Å². The number of carboxylic acids is 1. The van der Waals surface area contributed by atoms with E-state index >= 15 is 0 Å². The number of unbranched alkanes of at least 4 members (excludes halogenated alkanes) is 3. The van der Waals surface area contributed by atoms with E-state index in [9.17, 15) is 15.0 Å². The van der Waals surface area contributed by atoms with Crippen LogP contribution in [-0.4, -0.2) is 33.5 Å². The smallest absolute Gasteiger partial charge is 0.303 e. The average molecular weight is 312 g/mol. The third kappa shape index (κ3) is 15.3.